The fraction of sp³-hybridized carbons (Fsp3) is 0.857. The average Bonchev–Trinajstić information content (AvgIpc) is 2.45. The molecule has 2 rings (SSSR count). The van der Waals surface area contributed by atoms with Crippen molar-refractivity contribution in [1.82, 2.24) is 10.6 Å². The summed E-state index contributed by atoms with van der Waals surface area (Å²) < 4.78 is 5.23. The van der Waals surface area contributed by atoms with Gasteiger partial charge in [-0.2, -0.15) is 0 Å². The molecular formula is C14H24N2O4. The number of carboxylic acids is 1. The number of ether oxygens (including phenoxy) is 1. The highest BCUT2D eigenvalue weighted by Crippen LogP contribution is 2.30. The Kier molecular flexibility index (Phi) is 4.99. The number of rotatable bonds is 4. The predicted molar refractivity (Wildman–Crippen MR) is 73.3 cm³/mol. The molecule has 2 atom stereocenters. The number of hydrogen-bond donors (Lipinski definition) is 3. The Balaban J connectivity index is 1.88. The number of nitrogens with one attached hydrogen (secondary N) is 2. The van der Waals surface area contributed by atoms with E-state index in [1.807, 2.05) is 0 Å². The lowest BCUT2D eigenvalue weighted by molar-refractivity contribution is -0.154. The van der Waals surface area contributed by atoms with Gasteiger partial charge in [0, 0.05) is 31.7 Å². The molecule has 2 aliphatic heterocycles. The number of carboxylic acid groups (broad SMARTS) is 1. The van der Waals surface area contributed by atoms with Gasteiger partial charge in [-0.3, -0.25) is 9.59 Å². The summed E-state index contributed by atoms with van der Waals surface area (Å²) in [5.41, 5.74) is -0.855. The number of amides is 1. The van der Waals surface area contributed by atoms with E-state index in [1.54, 1.807) is 0 Å². The third-order valence-electron chi connectivity index (χ3n) is 4.50. The van der Waals surface area contributed by atoms with Crippen LogP contribution in [-0.4, -0.2) is 49.3 Å². The van der Waals surface area contributed by atoms with Crippen molar-refractivity contribution in [3.63, 3.8) is 0 Å². The van der Waals surface area contributed by atoms with Crippen molar-refractivity contribution in [2.45, 2.75) is 38.6 Å². The van der Waals surface area contributed by atoms with Crippen LogP contribution in [0.1, 0.15) is 32.6 Å². The van der Waals surface area contributed by atoms with E-state index in [0.29, 0.717) is 32.1 Å². The molecule has 0 radical (unpaired) electrons. The van der Waals surface area contributed by atoms with Gasteiger partial charge < -0.3 is 20.5 Å². The zero-order chi connectivity index (χ0) is 14.6. The van der Waals surface area contributed by atoms with Crippen LogP contribution in [0.5, 0.6) is 0 Å². The summed E-state index contributed by atoms with van der Waals surface area (Å²) in [7, 11) is 0. The fourth-order valence-corrected chi connectivity index (χ4v) is 3.00. The second-order valence-corrected chi connectivity index (χ2v) is 5.99. The summed E-state index contributed by atoms with van der Waals surface area (Å²) >= 11 is 0. The first-order valence-electron chi connectivity index (χ1n) is 7.36. The van der Waals surface area contributed by atoms with Crippen LogP contribution in [0.3, 0.4) is 0 Å². The van der Waals surface area contributed by atoms with Crippen molar-refractivity contribution in [1.29, 1.82) is 0 Å². The molecule has 0 aromatic heterocycles. The quantitative estimate of drug-likeness (QED) is 0.694. The SMILES string of the molecule is CC1CC(C(=O)NCC2(C(=O)O)CCOCC2)CCN1. The first-order chi connectivity index (χ1) is 9.53. The van der Waals surface area contributed by atoms with Gasteiger partial charge in [0.25, 0.3) is 0 Å². The van der Waals surface area contributed by atoms with Crippen LogP contribution in [0.15, 0.2) is 0 Å². The van der Waals surface area contributed by atoms with Gasteiger partial charge in [0.05, 0.1) is 5.41 Å². The summed E-state index contributed by atoms with van der Waals surface area (Å²) in [5, 5.41) is 15.6. The first-order valence-corrected chi connectivity index (χ1v) is 7.36. The zero-order valence-corrected chi connectivity index (χ0v) is 12.0. The Morgan fingerprint density at radius 3 is 2.70 bits per heavy atom. The summed E-state index contributed by atoms with van der Waals surface area (Å²) in [6.07, 6.45) is 2.56. The van der Waals surface area contributed by atoms with Crippen LogP contribution >= 0.6 is 0 Å². The Bertz CT molecular complexity index is 366. The number of piperidine rings is 1. The van der Waals surface area contributed by atoms with E-state index in [1.165, 1.54) is 0 Å². The first kappa shape index (κ1) is 15.3. The summed E-state index contributed by atoms with van der Waals surface area (Å²) in [6.45, 7) is 4.02. The van der Waals surface area contributed by atoms with Crippen molar-refractivity contribution >= 4 is 11.9 Å². The van der Waals surface area contributed by atoms with Crippen LogP contribution in [0.2, 0.25) is 0 Å². The van der Waals surface area contributed by atoms with Crippen LogP contribution in [-0.2, 0) is 14.3 Å². The number of carbonyl (C=O) groups excluding carboxylic acids is 1. The molecule has 20 heavy (non-hydrogen) atoms. The molecule has 0 spiro atoms. The van der Waals surface area contributed by atoms with E-state index < -0.39 is 11.4 Å². The molecule has 0 saturated carbocycles. The molecule has 2 fully saturated rings. The second-order valence-electron chi connectivity index (χ2n) is 5.99. The number of carbonyl (C=O) groups is 2. The molecule has 6 nitrogen and oxygen atoms in total. The lowest BCUT2D eigenvalue weighted by atomic mass is 9.80. The van der Waals surface area contributed by atoms with Gasteiger partial charge in [0.1, 0.15) is 0 Å². The average molecular weight is 284 g/mol. The molecular weight excluding hydrogens is 260 g/mol. The van der Waals surface area contributed by atoms with Crippen LogP contribution in [0, 0.1) is 11.3 Å². The second kappa shape index (κ2) is 6.54. The molecule has 0 aromatic rings. The molecule has 6 heteroatoms. The highest BCUT2D eigenvalue weighted by Gasteiger charge is 2.41. The Morgan fingerprint density at radius 1 is 1.40 bits per heavy atom. The third kappa shape index (κ3) is 3.49. The molecule has 2 unspecified atom stereocenters. The molecule has 0 aromatic carbocycles. The van der Waals surface area contributed by atoms with Gasteiger partial charge in [-0.1, -0.05) is 0 Å². The molecule has 1 amide bonds. The minimum Gasteiger partial charge on any atom is -0.481 e. The highest BCUT2D eigenvalue weighted by molar-refractivity contribution is 5.81. The van der Waals surface area contributed by atoms with Crippen molar-refractivity contribution < 1.29 is 19.4 Å². The van der Waals surface area contributed by atoms with Gasteiger partial charge in [0.2, 0.25) is 5.91 Å². The maximum absolute atomic E-state index is 12.2. The smallest absolute Gasteiger partial charge is 0.311 e. The normalized spacial score (nSPS) is 29.6. The van der Waals surface area contributed by atoms with Crippen LogP contribution in [0.4, 0.5) is 0 Å². The van der Waals surface area contributed by atoms with E-state index in [2.05, 4.69) is 17.6 Å². The fourth-order valence-electron chi connectivity index (χ4n) is 3.00. The van der Waals surface area contributed by atoms with Gasteiger partial charge in [-0.25, -0.2) is 0 Å². The molecule has 2 aliphatic rings. The largest absolute Gasteiger partial charge is 0.481 e. The third-order valence-corrected chi connectivity index (χ3v) is 4.50. The monoisotopic (exact) mass is 284 g/mol. The standard InChI is InChI=1S/C14H24N2O4/c1-10-8-11(2-5-15-10)12(17)16-9-14(13(18)19)3-6-20-7-4-14/h10-11,15H,2-9H2,1H3,(H,16,17)(H,18,19). The van der Waals surface area contributed by atoms with Crippen molar-refractivity contribution in [3.8, 4) is 0 Å². The summed E-state index contributed by atoms with van der Waals surface area (Å²) in [4.78, 5) is 23.7. The van der Waals surface area contributed by atoms with Gasteiger partial charge >= 0.3 is 5.97 Å². The van der Waals surface area contributed by atoms with Gasteiger partial charge in [0.15, 0.2) is 0 Å². The van der Waals surface area contributed by atoms with Gasteiger partial charge in [-0.15, -0.1) is 0 Å². The zero-order valence-electron chi connectivity index (χ0n) is 12.0. The molecule has 3 N–H and O–H groups in total. The molecule has 0 bridgehead atoms. The number of hydrogen-bond acceptors (Lipinski definition) is 4. The van der Waals surface area contributed by atoms with Crippen molar-refractivity contribution in [2.75, 3.05) is 26.3 Å². The van der Waals surface area contributed by atoms with E-state index >= 15 is 0 Å². The molecule has 2 saturated heterocycles. The molecule has 114 valence electrons. The summed E-state index contributed by atoms with van der Waals surface area (Å²) in [6, 6.07) is 0.344. The van der Waals surface area contributed by atoms with E-state index in [4.69, 9.17) is 4.74 Å². The molecule has 2 heterocycles. The minimum atomic E-state index is -0.855. The maximum atomic E-state index is 12.2. The lowest BCUT2D eigenvalue weighted by Crippen LogP contribution is -2.49. The van der Waals surface area contributed by atoms with Gasteiger partial charge in [-0.05, 0) is 39.2 Å². The van der Waals surface area contributed by atoms with E-state index in [9.17, 15) is 14.7 Å². The van der Waals surface area contributed by atoms with E-state index in [-0.39, 0.29) is 18.4 Å². The minimum absolute atomic E-state index is 0.00284. The molecule has 0 aliphatic carbocycles. The van der Waals surface area contributed by atoms with Crippen LogP contribution < -0.4 is 10.6 Å². The topological polar surface area (TPSA) is 87.7 Å². The highest BCUT2D eigenvalue weighted by atomic mass is 16.5. The maximum Gasteiger partial charge on any atom is 0.311 e. The Morgan fingerprint density at radius 2 is 2.10 bits per heavy atom. The summed E-state index contributed by atoms with van der Waals surface area (Å²) in [5.74, 6) is -0.845. The van der Waals surface area contributed by atoms with Crippen molar-refractivity contribution in [3.05, 3.63) is 0 Å². The lowest BCUT2D eigenvalue weighted by Gasteiger charge is -2.34. The van der Waals surface area contributed by atoms with Crippen LogP contribution in [0.25, 0.3) is 0 Å². The van der Waals surface area contributed by atoms with Crippen molar-refractivity contribution in [2.24, 2.45) is 11.3 Å². The number of aliphatic carboxylic acids is 1. The Labute approximate surface area is 119 Å². The Hall–Kier alpha value is -1.14. The van der Waals surface area contributed by atoms with E-state index in [0.717, 1.165) is 19.4 Å². The predicted octanol–water partition coefficient (Wildman–Crippen LogP) is 0.372.